The predicted molar refractivity (Wildman–Crippen MR) is 92.4 cm³/mol. The van der Waals surface area contributed by atoms with Crippen molar-refractivity contribution in [2.75, 3.05) is 0 Å². The first-order valence-corrected chi connectivity index (χ1v) is 7.88. The average Bonchev–Trinajstić information content (AvgIpc) is 2.87. The zero-order chi connectivity index (χ0) is 16.3. The molecule has 0 saturated carbocycles. The normalized spacial score (nSPS) is 10.0. The topological polar surface area (TPSA) is 54.5 Å². The van der Waals surface area contributed by atoms with Gasteiger partial charge in [0, 0.05) is 24.2 Å². The van der Waals surface area contributed by atoms with Crippen LogP contribution in [-0.4, -0.2) is 14.8 Å². The van der Waals surface area contributed by atoms with Gasteiger partial charge in [0.25, 0.3) is 0 Å². The predicted octanol–water partition coefficient (Wildman–Crippen LogP) is 4.60. The Labute approximate surface area is 138 Å². The molecule has 0 aliphatic carbocycles. The smallest absolute Gasteiger partial charge is 0.101 e. The molecule has 2 heterocycles. The fourth-order valence-corrected chi connectivity index (χ4v) is 2.90. The number of fused-ring (bicyclic) bond motifs is 1. The molecule has 22 heavy (non-hydrogen) atoms. The van der Waals surface area contributed by atoms with Crippen LogP contribution in [0.2, 0.25) is 0 Å². The third-order valence-corrected chi connectivity index (χ3v) is 3.84. The van der Waals surface area contributed by atoms with Crippen LogP contribution in [0.3, 0.4) is 0 Å². The Balaban J connectivity index is 0.000000847. The second-order valence-electron chi connectivity index (χ2n) is 4.64. The van der Waals surface area contributed by atoms with Crippen LogP contribution in [0.1, 0.15) is 25.0 Å². The molecule has 0 bridgehead atoms. The molecule has 0 aliphatic rings. The number of nitriles is 1. The van der Waals surface area contributed by atoms with Gasteiger partial charge in [0.1, 0.15) is 6.07 Å². The number of hydrogen-bond acceptors (Lipinski definition) is 3. The first-order valence-electron chi connectivity index (χ1n) is 7.09. The van der Waals surface area contributed by atoms with E-state index in [1.807, 2.05) is 52.2 Å². The highest BCUT2D eigenvalue weighted by Gasteiger charge is 2.15. The number of halogens is 1. The molecule has 3 rings (SSSR count). The Morgan fingerprint density at radius 1 is 1.23 bits per heavy atom. The maximum Gasteiger partial charge on any atom is 0.101 e. The molecule has 3 aromatic rings. The van der Waals surface area contributed by atoms with Crippen LogP contribution in [0.25, 0.3) is 22.2 Å². The van der Waals surface area contributed by atoms with Crippen molar-refractivity contribution in [1.82, 2.24) is 14.8 Å². The highest BCUT2D eigenvalue weighted by atomic mass is 79.9. The van der Waals surface area contributed by atoms with Crippen LogP contribution < -0.4 is 0 Å². The van der Waals surface area contributed by atoms with E-state index in [9.17, 15) is 5.26 Å². The van der Waals surface area contributed by atoms with Crippen molar-refractivity contribution in [3.05, 3.63) is 46.2 Å². The van der Waals surface area contributed by atoms with Gasteiger partial charge in [-0.1, -0.05) is 13.8 Å². The van der Waals surface area contributed by atoms with Gasteiger partial charge in [-0.25, -0.2) is 0 Å². The minimum atomic E-state index is 0.628. The molecule has 0 fully saturated rings. The van der Waals surface area contributed by atoms with E-state index in [4.69, 9.17) is 0 Å². The quantitative estimate of drug-likeness (QED) is 0.639. The number of hydrogen-bond donors (Lipinski definition) is 0. The van der Waals surface area contributed by atoms with Gasteiger partial charge in [-0.15, -0.1) is 0 Å². The number of aryl methyl sites for hydroxylation is 2. The molecule has 4 nitrogen and oxygen atoms in total. The zero-order valence-electron chi connectivity index (χ0n) is 13.1. The summed E-state index contributed by atoms with van der Waals surface area (Å²) in [5.74, 6) is 0. The molecule has 1 aromatic carbocycles. The molecule has 0 atom stereocenters. The lowest BCUT2D eigenvalue weighted by Gasteiger charge is -2.09. The Bertz CT molecular complexity index is 839. The molecule has 5 heteroatoms. The summed E-state index contributed by atoms with van der Waals surface area (Å²) in [7, 11) is 1.86. The third-order valence-electron chi connectivity index (χ3n) is 3.26. The summed E-state index contributed by atoms with van der Waals surface area (Å²) in [6, 6.07) is 8.16. The number of benzene rings is 1. The monoisotopic (exact) mass is 356 g/mol. The van der Waals surface area contributed by atoms with Gasteiger partial charge >= 0.3 is 0 Å². The summed E-state index contributed by atoms with van der Waals surface area (Å²) in [6.07, 6.45) is 3.54. The van der Waals surface area contributed by atoms with Gasteiger partial charge in [-0.3, -0.25) is 9.67 Å². The Morgan fingerprint density at radius 2 is 1.95 bits per heavy atom. The van der Waals surface area contributed by atoms with Crippen molar-refractivity contribution in [2.24, 2.45) is 7.05 Å². The van der Waals surface area contributed by atoms with Crippen LogP contribution in [0.5, 0.6) is 0 Å². The van der Waals surface area contributed by atoms with Crippen molar-refractivity contribution in [1.29, 1.82) is 5.26 Å². The fourth-order valence-electron chi connectivity index (χ4n) is 2.34. The van der Waals surface area contributed by atoms with Crippen LogP contribution in [0, 0.1) is 18.3 Å². The molecule has 0 radical (unpaired) electrons. The molecular formula is C17H17BrN4. The largest absolute Gasteiger partial charge is 0.267 e. The number of aromatic nitrogens is 3. The van der Waals surface area contributed by atoms with E-state index in [2.05, 4.69) is 32.1 Å². The molecular weight excluding hydrogens is 340 g/mol. The van der Waals surface area contributed by atoms with E-state index in [1.54, 1.807) is 10.9 Å². The third kappa shape index (κ3) is 2.75. The molecule has 0 unspecified atom stereocenters. The second kappa shape index (κ2) is 6.71. The van der Waals surface area contributed by atoms with E-state index in [1.165, 1.54) is 0 Å². The van der Waals surface area contributed by atoms with E-state index in [0.717, 1.165) is 32.2 Å². The van der Waals surface area contributed by atoms with E-state index in [-0.39, 0.29) is 0 Å². The lowest BCUT2D eigenvalue weighted by atomic mass is 9.99. The van der Waals surface area contributed by atoms with Gasteiger partial charge in [0.2, 0.25) is 0 Å². The molecule has 112 valence electrons. The molecule has 0 saturated heterocycles. The molecule has 0 spiro atoms. The Morgan fingerprint density at radius 3 is 2.55 bits per heavy atom. The lowest BCUT2D eigenvalue weighted by Crippen LogP contribution is -1.97. The average molecular weight is 357 g/mol. The first-order chi connectivity index (χ1) is 10.6. The molecule has 0 aliphatic heterocycles. The van der Waals surface area contributed by atoms with Crippen LogP contribution >= 0.6 is 15.9 Å². The van der Waals surface area contributed by atoms with Gasteiger partial charge in [-0.2, -0.15) is 10.4 Å². The van der Waals surface area contributed by atoms with Gasteiger partial charge in [0.15, 0.2) is 0 Å². The maximum atomic E-state index is 9.57. The van der Waals surface area contributed by atoms with E-state index >= 15 is 0 Å². The summed E-state index contributed by atoms with van der Waals surface area (Å²) in [4.78, 5) is 4.37. The van der Waals surface area contributed by atoms with Crippen LogP contribution in [0.4, 0.5) is 0 Å². The Kier molecular flexibility index (Phi) is 4.94. The van der Waals surface area contributed by atoms with E-state index in [0.29, 0.717) is 5.56 Å². The summed E-state index contributed by atoms with van der Waals surface area (Å²) in [5.41, 5.74) is 4.25. The van der Waals surface area contributed by atoms with Crippen molar-refractivity contribution in [2.45, 2.75) is 20.8 Å². The number of pyridine rings is 1. The minimum Gasteiger partial charge on any atom is -0.267 e. The Hall–Kier alpha value is -2.19. The SMILES string of the molecule is CC.Cc1cnc2ccc(-c3c(Br)cnn3C)c(C#N)c2c1. The molecule has 0 N–H and O–H groups in total. The summed E-state index contributed by atoms with van der Waals surface area (Å²) < 4.78 is 2.63. The highest BCUT2D eigenvalue weighted by Crippen LogP contribution is 2.33. The molecule has 2 aromatic heterocycles. The van der Waals surface area contributed by atoms with Crippen molar-refractivity contribution < 1.29 is 0 Å². The van der Waals surface area contributed by atoms with Crippen LogP contribution in [0.15, 0.2) is 35.1 Å². The lowest BCUT2D eigenvalue weighted by molar-refractivity contribution is 0.775. The first kappa shape index (κ1) is 16.2. The summed E-state index contributed by atoms with van der Waals surface area (Å²) >= 11 is 3.49. The maximum absolute atomic E-state index is 9.57. The standard InChI is InChI=1S/C15H11BrN4.C2H6/c1-9-5-11-12(6-17)10(3-4-14(11)18-7-9)15-13(16)8-19-20(15)2;1-2/h3-5,7-8H,1-2H3;1-2H3. The van der Waals surface area contributed by atoms with Gasteiger partial charge in [-0.05, 0) is 46.6 Å². The second-order valence-corrected chi connectivity index (χ2v) is 5.50. The minimum absolute atomic E-state index is 0.628. The van der Waals surface area contributed by atoms with E-state index < -0.39 is 0 Å². The van der Waals surface area contributed by atoms with Crippen molar-refractivity contribution >= 4 is 26.8 Å². The fraction of sp³-hybridized carbons (Fsp3) is 0.235. The van der Waals surface area contributed by atoms with Gasteiger partial charge in [0.05, 0.1) is 27.4 Å². The number of nitrogens with zero attached hydrogens (tertiary/aromatic N) is 4. The van der Waals surface area contributed by atoms with Crippen molar-refractivity contribution in [3.8, 4) is 17.3 Å². The summed E-state index contributed by atoms with van der Waals surface area (Å²) in [5, 5.41) is 14.6. The number of rotatable bonds is 1. The van der Waals surface area contributed by atoms with Gasteiger partial charge < -0.3 is 0 Å². The highest BCUT2D eigenvalue weighted by molar-refractivity contribution is 9.10. The zero-order valence-corrected chi connectivity index (χ0v) is 14.6. The molecule has 0 amide bonds. The van der Waals surface area contributed by atoms with Crippen LogP contribution in [-0.2, 0) is 7.05 Å². The van der Waals surface area contributed by atoms with Crippen molar-refractivity contribution in [3.63, 3.8) is 0 Å². The summed E-state index contributed by atoms with van der Waals surface area (Å²) in [6.45, 7) is 5.97.